The largest absolute Gasteiger partial charge is 0.305 e. The molecule has 0 saturated heterocycles. The van der Waals surface area contributed by atoms with E-state index in [1.165, 1.54) is 0 Å². The van der Waals surface area contributed by atoms with E-state index in [-0.39, 0.29) is 0 Å². The van der Waals surface area contributed by atoms with Crippen LogP contribution in [0.1, 0.15) is 13.8 Å². The van der Waals surface area contributed by atoms with E-state index in [2.05, 4.69) is 72.6 Å². The molecule has 0 saturated carbocycles. The molecule has 0 atom stereocenters. The fourth-order valence-corrected chi connectivity index (χ4v) is 2.28. The molecule has 0 aromatic carbocycles. The second kappa shape index (κ2) is 14.6. The Hall–Kier alpha value is -0.710. The van der Waals surface area contributed by atoms with Gasteiger partial charge in [0.25, 0.3) is 0 Å². The molecule has 24 heavy (non-hydrogen) atoms. The number of nitriles is 1. The number of hydrogen-bond donors (Lipinski definition) is 0. The van der Waals surface area contributed by atoms with E-state index in [0.29, 0.717) is 6.54 Å². The Kier molecular flexibility index (Phi) is 14.2. The van der Waals surface area contributed by atoms with Gasteiger partial charge in [-0.1, -0.05) is 13.8 Å². The fourth-order valence-electron chi connectivity index (χ4n) is 2.28. The van der Waals surface area contributed by atoms with E-state index < -0.39 is 0 Å². The molecular weight excluding hydrogens is 300 g/mol. The van der Waals surface area contributed by atoms with Crippen LogP contribution in [0.5, 0.6) is 0 Å². The van der Waals surface area contributed by atoms with Gasteiger partial charge in [-0.2, -0.15) is 5.26 Å². The van der Waals surface area contributed by atoms with Gasteiger partial charge in [-0.25, -0.2) is 0 Å². The molecule has 0 aliphatic carbocycles. The zero-order valence-electron chi connectivity index (χ0n) is 17.0. The van der Waals surface area contributed by atoms with Crippen molar-refractivity contribution in [2.45, 2.75) is 13.8 Å². The minimum Gasteiger partial charge on any atom is -0.305 e. The second-order valence-corrected chi connectivity index (χ2v) is 6.83. The summed E-state index contributed by atoms with van der Waals surface area (Å²) >= 11 is 0. The van der Waals surface area contributed by atoms with Crippen LogP contribution in [0.4, 0.5) is 0 Å². The molecule has 0 rings (SSSR count). The van der Waals surface area contributed by atoms with Gasteiger partial charge in [0, 0.05) is 52.4 Å². The van der Waals surface area contributed by atoms with Crippen molar-refractivity contribution in [3.05, 3.63) is 0 Å². The maximum atomic E-state index is 8.78. The molecule has 0 bridgehead atoms. The number of nitrogens with zero attached hydrogens (tertiary/aromatic N) is 6. The highest BCUT2D eigenvalue weighted by Crippen LogP contribution is 1.93. The monoisotopic (exact) mass is 340 g/mol. The minimum absolute atomic E-state index is 0.532. The van der Waals surface area contributed by atoms with Crippen LogP contribution in [0, 0.1) is 11.3 Å². The lowest BCUT2D eigenvalue weighted by Gasteiger charge is -2.26. The topological polar surface area (TPSA) is 40.0 Å². The van der Waals surface area contributed by atoms with Crippen molar-refractivity contribution < 1.29 is 0 Å². The quantitative estimate of drug-likeness (QED) is 0.406. The molecule has 0 radical (unpaired) electrons. The highest BCUT2D eigenvalue weighted by atomic mass is 15.2. The Morgan fingerprint density at radius 1 is 0.583 bits per heavy atom. The van der Waals surface area contributed by atoms with Crippen LogP contribution >= 0.6 is 0 Å². The van der Waals surface area contributed by atoms with E-state index >= 15 is 0 Å². The van der Waals surface area contributed by atoms with Gasteiger partial charge in [-0.3, -0.25) is 4.90 Å². The average molecular weight is 341 g/mol. The van der Waals surface area contributed by atoms with Gasteiger partial charge in [0.05, 0.1) is 12.6 Å². The number of likely N-dealkylation sites (N-methyl/N-ethyl adjacent to an activating group) is 5. The molecule has 0 N–H and O–H groups in total. The SMILES string of the molecule is CCN(C)CCN(C)CCN(C)CCN(C)CCN(CC)CC#N. The van der Waals surface area contributed by atoms with E-state index in [9.17, 15) is 0 Å². The smallest absolute Gasteiger partial charge is 0.0866 e. The van der Waals surface area contributed by atoms with Crippen LogP contribution in [0.2, 0.25) is 0 Å². The molecule has 0 aliphatic heterocycles. The molecule has 0 heterocycles. The van der Waals surface area contributed by atoms with Crippen molar-refractivity contribution in [2.24, 2.45) is 0 Å². The first-order valence-corrected chi connectivity index (χ1v) is 9.26. The van der Waals surface area contributed by atoms with Crippen molar-refractivity contribution in [3.8, 4) is 6.07 Å². The van der Waals surface area contributed by atoms with E-state index in [4.69, 9.17) is 5.26 Å². The molecule has 0 amide bonds. The highest BCUT2D eigenvalue weighted by Gasteiger charge is 2.07. The van der Waals surface area contributed by atoms with Crippen LogP contribution in [0.15, 0.2) is 0 Å². The lowest BCUT2D eigenvalue weighted by molar-refractivity contribution is 0.202. The minimum atomic E-state index is 0.532. The van der Waals surface area contributed by atoms with E-state index in [1.807, 2.05) is 0 Å². The first-order chi connectivity index (χ1) is 11.4. The number of hydrogen-bond acceptors (Lipinski definition) is 6. The van der Waals surface area contributed by atoms with Crippen molar-refractivity contribution >= 4 is 0 Å². The van der Waals surface area contributed by atoms with Gasteiger partial charge in [-0.15, -0.1) is 0 Å². The third-order valence-corrected chi connectivity index (χ3v) is 4.67. The zero-order valence-corrected chi connectivity index (χ0v) is 17.0. The lowest BCUT2D eigenvalue weighted by Crippen LogP contribution is -2.39. The molecule has 0 aliphatic rings. The van der Waals surface area contributed by atoms with Gasteiger partial charge in [-0.05, 0) is 41.3 Å². The van der Waals surface area contributed by atoms with Gasteiger partial charge in [0.2, 0.25) is 0 Å². The van der Waals surface area contributed by atoms with Crippen molar-refractivity contribution in [3.63, 3.8) is 0 Å². The molecule has 0 unspecified atom stereocenters. The molecular formula is C18H40N6. The Bertz CT molecular complexity index is 330. The molecule has 6 heteroatoms. The first-order valence-electron chi connectivity index (χ1n) is 9.26. The lowest BCUT2D eigenvalue weighted by atomic mass is 10.4. The third-order valence-electron chi connectivity index (χ3n) is 4.67. The molecule has 6 nitrogen and oxygen atoms in total. The van der Waals surface area contributed by atoms with Crippen LogP contribution < -0.4 is 0 Å². The van der Waals surface area contributed by atoms with E-state index in [1.54, 1.807) is 0 Å². The van der Waals surface area contributed by atoms with Crippen molar-refractivity contribution in [1.29, 1.82) is 5.26 Å². The average Bonchev–Trinajstić information content (AvgIpc) is 2.59. The number of rotatable bonds is 15. The highest BCUT2D eigenvalue weighted by molar-refractivity contribution is 4.76. The van der Waals surface area contributed by atoms with Crippen LogP contribution in [-0.4, -0.2) is 125 Å². The Labute approximate surface area is 150 Å². The summed E-state index contributed by atoms with van der Waals surface area (Å²) in [5.74, 6) is 0. The molecule has 0 fully saturated rings. The van der Waals surface area contributed by atoms with Crippen LogP contribution in [-0.2, 0) is 0 Å². The van der Waals surface area contributed by atoms with Gasteiger partial charge in [0.15, 0.2) is 0 Å². The maximum Gasteiger partial charge on any atom is 0.0866 e. The Balaban J connectivity index is 3.76. The van der Waals surface area contributed by atoms with Crippen molar-refractivity contribution in [2.75, 3.05) is 100 Å². The van der Waals surface area contributed by atoms with Crippen LogP contribution in [0.25, 0.3) is 0 Å². The summed E-state index contributed by atoms with van der Waals surface area (Å²) in [6.07, 6.45) is 0. The normalized spacial score (nSPS) is 12.1. The van der Waals surface area contributed by atoms with E-state index in [0.717, 1.165) is 65.4 Å². The molecule has 0 aromatic heterocycles. The summed E-state index contributed by atoms with van der Waals surface area (Å²) < 4.78 is 0. The van der Waals surface area contributed by atoms with Crippen molar-refractivity contribution in [1.82, 2.24) is 24.5 Å². The summed E-state index contributed by atoms with van der Waals surface area (Å²) in [4.78, 5) is 11.7. The summed E-state index contributed by atoms with van der Waals surface area (Å²) in [5, 5.41) is 8.78. The summed E-state index contributed by atoms with van der Waals surface area (Å²) in [6.45, 7) is 15.5. The summed E-state index contributed by atoms with van der Waals surface area (Å²) in [7, 11) is 8.75. The van der Waals surface area contributed by atoms with Gasteiger partial charge in [0.1, 0.15) is 0 Å². The molecule has 0 spiro atoms. The summed E-state index contributed by atoms with van der Waals surface area (Å²) in [5.41, 5.74) is 0. The first kappa shape index (κ1) is 23.3. The maximum absolute atomic E-state index is 8.78. The summed E-state index contributed by atoms with van der Waals surface area (Å²) in [6, 6.07) is 2.23. The Morgan fingerprint density at radius 3 is 1.29 bits per heavy atom. The third kappa shape index (κ3) is 12.7. The molecule has 142 valence electrons. The zero-order chi connectivity index (χ0) is 18.4. The molecule has 0 aromatic rings. The Morgan fingerprint density at radius 2 is 0.958 bits per heavy atom. The second-order valence-electron chi connectivity index (χ2n) is 6.83. The van der Waals surface area contributed by atoms with Crippen LogP contribution in [0.3, 0.4) is 0 Å². The standard InChI is InChI=1S/C18H40N6/c1-7-20(3)11-12-21(4)13-14-22(5)15-16-23(6)17-18-24(8-2)10-9-19/h7-8,10-18H2,1-6H3. The predicted molar refractivity (Wildman–Crippen MR) is 103 cm³/mol. The fraction of sp³-hybridized carbons (Fsp3) is 0.944. The predicted octanol–water partition coefficient (Wildman–Crippen LogP) is 0.579. The van der Waals surface area contributed by atoms with Gasteiger partial charge >= 0.3 is 0 Å². The van der Waals surface area contributed by atoms with Gasteiger partial charge < -0.3 is 19.6 Å².